The van der Waals surface area contributed by atoms with Crippen molar-refractivity contribution in [3.63, 3.8) is 0 Å². The largest absolute Gasteiger partial charge is 0.347 e. The number of rotatable bonds is 18. The lowest BCUT2D eigenvalue weighted by Crippen LogP contribution is -2.58. The van der Waals surface area contributed by atoms with E-state index in [0.29, 0.717) is 36.8 Å². The normalized spacial score (nSPS) is 25.3. The van der Waals surface area contributed by atoms with Crippen molar-refractivity contribution < 1.29 is 55.2 Å². The highest BCUT2D eigenvalue weighted by atomic mass is 32.2. The molecule has 84 heavy (non-hydrogen) atoms. The number of likely N-dealkylation sites (tertiary alicyclic amines) is 2. The highest BCUT2D eigenvalue weighted by molar-refractivity contribution is 7.91. The Morgan fingerprint density at radius 1 is 0.476 bits per heavy atom. The summed E-state index contributed by atoms with van der Waals surface area (Å²) in [5.74, 6) is -4.58. The van der Waals surface area contributed by atoms with Gasteiger partial charge in [-0.2, -0.15) is 0 Å². The van der Waals surface area contributed by atoms with E-state index < -0.39 is 116 Å². The summed E-state index contributed by atoms with van der Waals surface area (Å²) in [5.41, 5.74) is 1.22. The molecule has 3 aromatic carbocycles. The summed E-state index contributed by atoms with van der Waals surface area (Å²) >= 11 is 0. The van der Waals surface area contributed by atoms with Gasteiger partial charge in [-0.05, 0) is 139 Å². The fraction of sp³-hybridized carbons (Fsp3) is 0.567. The molecule has 2 saturated carbocycles. The van der Waals surface area contributed by atoms with E-state index in [0.717, 1.165) is 38.5 Å². The zero-order chi connectivity index (χ0) is 60.0. The van der Waals surface area contributed by atoms with Crippen molar-refractivity contribution in [2.75, 3.05) is 38.7 Å². The van der Waals surface area contributed by atoms with Crippen LogP contribution in [0.1, 0.15) is 148 Å². The first-order valence-corrected chi connectivity index (χ1v) is 33.0. The van der Waals surface area contributed by atoms with Crippen molar-refractivity contribution in [3.8, 4) is 0 Å². The third-order valence-electron chi connectivity index (χ3n) is 18.1. The van der Waals surface area contributed by atoms with Crippen LogP contribution in [0.25, 0.3) is 0 Å². The minimum absolute atomic E-state index is 0.00729. The number of carbonyl (C=O) groups is 8. The van der Waals surface area contributed by atoms with E-state index in [2.05, 4.69) is 42.5 Å². The average Bonchev–Trinajstić information content (AvgIpc) is 3.78. The number of likely N-dealkylation sites (N-methyl/N-ethyl adjacent to an activating group) is 2. The van der Waals surface area contributed by atoms with E-state index in [1.165, 1.54) is 46.2 Å². The molecular weight excluding hydrogens is 1120 g/mol. The fourth-order valence-electron chi connectivity index (χ4n) is 13.1. The molecule has 8 amide bonds. The van der Waals surface area contributed by atoms with Crippen molar-refractivity contribution in [3.05, 3.63) is 95.1 Å². The molecule has 9 rings (SSSR count). The lowest BCUT2D eigenvalue weighted by molar-refractivity contribution is -0.143. The van der Waals surface area contributed by atoms with Gasteiger partial charge in [0.1, 0.15) is 24.2 Å². The lowest BCUT2D eigenvalue weighted by Gasteiger charge is -2.35. The van der Waals surface area contributed by atoms with Crippen molar-refractivity contribution >= 4 is 66.9 Å². The van der Waals surface area contributed by atoms with Gasteiger partial charge in [-0.3, -0.25) is 38.4 Å². The molecule has 2 saturated heterocycles. The quantitative estimate of drug-likeness (QED) is 0.0909. The molecule has 4 fully saturated rings. The van der Waals surface area contributed by atoms with Crippen LogP contribution in [0.3, 0.4) is 0 Å². The summed E-state index contributed by atoms with van der Waals surface area (Å²) in [7, 11) is -3.87. The van der Waals surface area contributed by atoms with Gasteiger partial charge in [-0.25, -0.2) is 16.8 Å². The predicted molar refractivity (Wildman–Crippen MR) is 311 cm³/mol. The lowest BCUT2D eigenvalue weighted by atomic mass is 9.83. The van der Waals surface area contributed by atoms with E-state index in [4.69, 9.17) is 0 Å². The zero-order valence-corrected chi connectivity index (χ0v) is 49.8. The first-order chi connectivity index (χ1) is 40.2. The molecule has 4 aliphatic heterocycles. The van der Waals surface area contributed by atoms with Crippen LogP contribution in [-0.4, -0.2) is 161 Å². The fourth-order valence-corrected chi connectivity index (χ4v) is 16.3. The topological polar surface area (TPSA) is 308 Å². The summed E-state index contributed by atoms with van der Waals surface area (Å²) in [4.78, 5) is 117. The third kappa shape index (κ3) is 13.8. The Morgan fingerprint density at radius 3 is 1.19 bits per heavy atom. The molecule has 24 heteroatoms. The number of carbonyl (C=O) groups excluding carboxylic acids is 8. The zero-order valence-electron chi connectivity index (χ0n) is 48.2. The highest BCUT2D eigenvalue weighted by Crippen LogP contribution is 2.36. The standard InChI is InChI=1S/C60H80N10O12S2/c1-35(61-3)53(71)67-51(37-15-7-5-8-16-37)59(77)69-33-41(31-47(69)57(75)65-45-27-29-83(79,80)49-21-13-11-19-43(45)49)63-55(73)39-23-25-40(26-24-39)56(74)64-42-32-48(58(76)66-46-28-30-84(81,82)50-22-14-12-20-44(46)50)70(34-42)60(78)52(38-17-9-6-10-18-38)68-54(72)36(2)62-4/h11-14,19-26,35-38,41-42,45-48,51-52,61-62H,5-10,15-18,27-34H2,1-4H3,(H,63,73)(H,64,74)(H,65,75)(H,66,76)(H,67,71)(H,68,72)/t35-,36-,41-,42-,45-,46-,47-,48-,51-,52-/m0/s1. The molecule has 0 radical (unpaired) electrons. The van der Waals surface area contributed by atoms with Crippen LogP contribution >= 0.6 is 0 Å². The van der Waals surface area contributed by atoms with Crippen LogP contribution in [0.5, 0.6) is 0 Å². The second kappa shape index (κ2) is 26.7. The Balaban J connectivity index is 0.912. The van der Waals surface area contributed by atoms with Crippen LogP contribution in [0.2, 0.25) is 0 Å². The first kappa shape index (κ1) is 61.8. The van der Waals surface area contributed by atoms with E-state index in [1.807, 2.05) is 0 Å². The molecule has 2 aliphatic carbocycles. The number of amides is 8. The maximum Gasteiger partial charge on any atom is 0.251 e. The van der Waals surface area contributed by atoms with Crippen LogP contribution in [0, 0.1) is 11.8 Å². The summed E-state index contributed by atoms with van der Waals surface area (Å²) in [6.07, 6.45) is 8.48. The second-order valence-corrected chi connectivity index (χ2v) is 27.8. The van der Waals surface area contributed by atoms with Gasteiger partial charge in [-0.1, -0.05) is 74.9 Å². The molecule has 0 spiro atoms. The minimum Gasteiger partial charge on any atom is -0.347 e. The van der Waals surface area contributed by atoms with Crippen LogP contribution < -0.4 is 42.5 Å². The predicted octanol–water partition coefficient (Wildman–Crippen LogP) is 2.50. The van der Waals surface area contributed by atoms with Gasteiger partial charge in [0, 0.05) is 36.3 Å². The van der Waals surface area contributed by atoms with Gasteiger partial charge < -0.3 is 52.3 Å². The number of nitrogens with one attached hydrogen (secondary N) is 8. The summed E-state index contributed by atoms with van der Waals surface area (Å²) in [6.45, 7) is 3.23. The van der Waals surface area contributed by atoms with Crippen molar-refractivity contribution in [2.45, 2.75) is 174 Å². The Morgan fingerprint density at radius 2 is 0.833 bits per heavy atom. The van der Waals surface area contributed by atoms with E-state index in [-0.39, 0.29) is 94.8 Å². The molecule has 0 unspecified atom stereocenters. The molecule has 4 heterocycles. The van der Waals surface area contributed by atoms with Gasteiger partial charge in [0.05, 0.1) is 45.5 Å². The number of fused-ring (bicyclic) bond motifs is 2. The van der Waals surface area contributed by atoms with Gasteiger partial charge in [0.15, 0.2) is 19.7 Å². The van der Waals surface area contributed by atoms with Crippen molar-refractivity contribution in [1.82, 2.24) is 52.3 Å². The summed E-state index contributed by atoms with van der Waals surface area (Å²) < 4.78 is 52.1. The molecule has 3 aromatic rings. The molecule has 10 atom stereocenters. The number of hydrogen-bond donors (Lipinski definition) is 8. The molecule has 6 aliphatic rings. The van der Waals surface area contributed by atoms with Crippen molar-refractivity contribution in [2.24, 2.45) is 11.8 Å². The molecule has 454 valence electrons. The minimum atomic E-state index is -3.58. The smallest absolute Gasteiger partial charge is 0.251 e. The second-order valence-electron chi connectivity index (χ2n) is 23.6. The Bertz CT molecular complexity index is 3000. The monoisotopic (exact) mass is 1200 g/mol. The van der Waals surface area contributed by atoms with Gasteiger partial charge >= 0.3 is 0 Å². The van der Waals surface area contributed by atoms with E-state index in [9.17, 15) is 55.2 Å². The molecule has 0 aromatic heterocycles. The van der Waals surface area contributed by atoms with Crippen LogP contribution in [0.15, 0.2) is 82.6 Å². The molecular formula is C60H80N10O12S2. The maximum atomic E-state index is 14.9. The number of nitrogens with zero attached hydrogens (tertiary/aromatic N) is 2. The number of sulfone groups is 2. The first-order valence-electron chi connectivity index (χ1n) is 29.7. The van der Waals surface area contributed by atoms with Gasteiger partial charge in [-0.15, -0.1) is 0 Å². The molecule has 8 N–H and O–H groups in total. The Kier molecular flexibility index (Phi) is 19.6. The number of benzene rings is 3. The van der Waals surface area contributed by atoms with Gasteiger partial charge in [0.25, 0.3) is 11.8 Å². The molecule has 22 nitrogen and oxygen atoms in total. The van der Waals surface area contributed by atoms with Crippen LogP contribution in [-0.2, 0) is 48.4 Å². The summed E-state index contributed by atoms with van der Waals surface area (Å²) in [6, 6.07) is 10.7. The van der Waals surface area contributed by atoms with Gasteiger partial charge in [0.2, 0.25) is 35.4 Å². The van der Waals surface area contributed by atoms with E-state index in [1.54, 1.807) is 64.3 Å². The SMILES string of the molecule is CN[C@@H](C)C(=O)N[C@H](C(=O)N1C[C@@H](NC(=O)c2ccc(C(=O)N[C@H]3C[C@@H](C(=O)N[C@H]4CCS(=O)(=O)c5ccccc54)N(C(=O)[C@@H](NC(=O)[C@H](C)NC)C4CCCCC4)C3)cc2)C[C@H]1C(=O)N[C@H]1CCS(=O)(=O)c2ccccc21)C1CCCCC1. The highest BCUT2D eigenvalue weighted by Gasteiger charge is 2.48. The number of hydrogen-bond acceptors (Lipinski definition) is 14. The van der Waals surface area contributed by atoms with Crippen LogP contribution in [0.4, 0.5) is 0 Å². The van der Waals surface area contributed by atoms with E-state index >= 15 is 0 Å². The van der Waals surface area contributed by atoms with Crippen molar-refractivity contribution in [1.29, 1.82) is 0 Å². The third-order valence-corrected chi connectivity index (χ3v) is 21.7. The summed E-state index contributed by atoms with van der Waals surface area (Å²) in [5, 5.41) is 23.8. The maximum absolute atomic E-state index is 14.9. The Labute approximate surface area is 491 Å². The molecule has 0 bridgehead atoms. The average molecular weight is 1200 g/mol. The Hall–Kier alpha value is -6.76.